The van der Waals surface area contributed by atoms with E-state index in [1.807, 2.05) is 18.2 Å². The Labute approximate surface area is 180 Å². The Morgan fingerprint density at radius 2 is 1.93 bits per heavy atom. The van der Waals surface area contributed by atoms with Crippen molar-refractivity contribution >= 4 is 33.2 Å². The maximum Gasteiger partial charge on any atom is 0.226 e. The van der Waals surface area contributed by atoms with Gasteiger partial charge in [-0.25, -0.2) is 13.8 Å². The third kappa shape index (κ3) is 4.73. The lowest BCUT2D eigenvalue weighted by molar-refractivity contribution is -0.131. The summed E-state index contributed by atoms with van der Waals surface area (Å²) < 4.78 is 27.4. The summed E-state index contributed by atoms with van der Waals surface area (Å²) in [5.41, 5.74) is 2.55. The summed E-state index contributed by atoms with van der Waals surface area (Å²) in [6.45, 7) is 1.30. The maximum atomic E-state index is 13.3. The number of piperidine rings is 1. The third-order valence-electron chi connectivity index (χ3n) is 5.18. The number of amides is 1. The van der Waals surface area contributed by atoms with Crippen molar-refractivity contribution in [3.63, 3.8) is 0 Å². The highest BCUT2D eigenvalue weighted by Gasteiger charge is 2.26. The van der Waals surface area contributed by atoms with Crippen LogP contribution in [0.15, 0.2) is 52.3 Å². The molecule has 0 atom stereocenters. The fraction of sp³-hybridized carbons (Fsp3) is 0.273. The molecule has 1 aliphatic heterocycles. The van der Waals surface area contributed by atoms with Crippen LogP contribution >= 0.6 is 27.3 Å². The molecule has 0 saturated carbocycles. The number of benzene rings is 2. The molecule has 4 rings (SSSR count). The normalized spacial score (nSPS) is 14.9. The number of nitrogens with zero attached hydrogens (tertiary/aromatic N) is 2. The molecule has 0 aliphatic carbocycles. The quantitative estimate of drug-likeness (QED) is 0.476. The molecule has 0 N–H and O–H groups in total. The molecule has 7 heteroatoms. The lowest BCUT2D eigenvalue weighted by atomic mass is 9.97. The molecule has 0 unspecified atom stereocenters. The monoisotopic (exact) mass is 476 g/mol. The molecule has 1 aromatic heterocycles. The average molecular weight is 477 g/mol. The Hall–Kier alpha value is -2.12. The van der Waals surface area contributed by atoms with Crippen LogP contribution in [0, 0.1) is 11.6 Å². The molecule has 0 spiro atoms. The summed E-state index contributed by atoms with van der Waals surface area (Å²) in [5.74, 6) is -1.52. The van der Waals surface area contributed by atoms with Crippen molar-refractivity contribution < 1.29 is 13.6 Å². The fourth-order valence-corrected chi connectivity index (χ4v) is 4.97. The minimum atomic E-state index is -0.918. The first-order chi connectivity index (χ1) is 14.0. The second-order valence-corrected chi connectivity index (χ2v) is 8.97. The van der Waals surface area contributed by atoms with E-state index in [9.17, 15) is 13.6 Å². The van der Waals surface area contributed by atoms with Gasteiger partial charge in [-0.1, -0.05) is 34.1 Å². The molecule has 1 fully saturated rings. The zero-order valence-corrected chi connectivity index (χ0v) is 18.0. The SMILES string of the molecule is O=C(Cc1ccc(F)c(F)c1)N1CCC(c2nc(-c3cccc(Br)c3)cs2)CC1. The van der Waals surface area contributed by atoms with E-state index in [0.717, 1.165) is 45.7 Å². The molecular formula is C22H19BrF2N2OS. The fourth-order valence-electron chi connectivity index (χ4n) is 3.57. The zero-order chi connectivity index (χ0) is 20.4. The summed E-state index contributed by atoms with van der Waals surface area (Å²) in [4.78, 5) is 19.1. The summed E-state index contributed by atoms with van der Waals surface area (Å²) in [7, 11) is 0. The summed E-state index contributed by atoms with van der Waals surface area (Å²) in [6, 6.07) is 11.7. The van der Waals surface area contributed by atoms with Crippen LogP contribution in [0.4, 0.5) is 8.78 Å². The molecule has 2 heterocycles. The minimum Gasteiger partial charge on any atom is -0.342 e. The van der Waals surface area contributed by atoms with E-state index in [1.54, 1.807) is 16.2 Å². The third-order valence-corrected chi connectivity index (χ3v) is 6.68. The minimum absolute atomic E-state index is 0.0524. The smallest absolute Gasteiger partial charge is 0.226 e. The van der Waals surface area contributed by atoms with E-state index >= 15 is 0 Å². The van der Waals surface area contributed by atoms with E-state index in [-0.39, 0.29) is 12.3 Å². The molecule has 150 valence electrons. The van der Waals surface area contributed by atoms with Crippen LogP contribution in [-0.4, -0.2) is 28.9 Å². The molecule has 1 saturated heterocycles. The molecular weight excluding hydrogens is 458 g/mol. The van der Waals surface area contributed by atoms with Gasteiger partial charge in [0, 0.05) is 34.4 Å². The van der Waals surface area contributed by atoms with Crippen molar-refractivity contribution in [3.05, 3.63) is 74.5 Å². The highest BCUT2D eigenvalue weighted by atomic mass is 79.9. The highest BCUT2D eigenvalue weighted by molar-refractivity contribution is 9.10. The van der Waals surface area contributed by atoms with Crippen LogP contribution in [0.2, 0.25) is 0 Å². The number of carbonyl (C=O) groups excluding carboxylic acids is 1. The van der Waals surface area contributed by atoms with E-state index < -0.39 is 11.6 Å². The Morgan fingerprint density at radius 3 is 2.66 bits per heavy atom. The Bertz CT molecular complexity index is 1030. The van der Waals surface area contributed by atoms with Crippen LogP contribution in [-0.2, 0) is 11.2 Å². The molecule has 3 nitrogen and oxygen atoms in total. The van der Waals surface area contributed by atoms with Crippen molar-refractivity contribution in [2.75, 3.05) is 13.1 Å². The van der Waals surface area contributed by atoms with Crippen molar-refractivity contribution in [2.45, 2.75) is 25.2 Å². The van der Waals surface area contributed by atoms with Crippen LogP contribution in [0.5, 0.6) is 0 Å². The van der Waals surface area contributed by atoms with Gasteiger partial charge in [-0.15, -0.1) is 11.3 Å². The highest BCUT2D eigenvalue weighted by Crippen LogP contribution is 2.33. The molecule has 3 aromatic rings. The Morgan fingerprint density at radius 1 is 1.14 bits per heavy atom. The molecule has 0 bridgehead atoms. The van der Waals surface area contributed by atoms with E-state index in [1.165, 1.54) is 6.07 Å². The lowest BCUT2D eigenvalue weighted by Crippen LogP contribution is -2.38. The topological polar surface area (TPSA) is 33.2 Å². The number of carbonyl (C=O) groups is 1. The van der Waals surface area contributed by atoms with Crippen LogP contribution < -0.4 is 0 Å². The molecule has 1 aliphatic rings. The van der Waals surface area contributed by atoms with Gasteiger partial charge in [-0.05, 0) is 42.7 Å². The predicted octanol–water partition coefficient (Wildman–Crippen LogP) is 5.80. The lowest BCUT2D eigenvalue weighted by Gasteiger charge is -2.31. The van der Waals surface area contributed by atoms with Crippen LogP contribution in [0.1, 0.15) is 29.3 Å². The standard InChI is InChI=1S/C22H19BrF2N2OS/c23-17-3-1-2-16(12-17)20-13-29-22(26-20)15-6-8-27(9-7-15)21(28)11-14-4-5-18(24)19(25)10-14/h1-5,10,12-13,15H,6-9,11H2. The first kappa shape index (κ1) is 20.2. The van der Waals surface area contributed by atoms with Crippen molar-refractivity contribution in [1.29, 1.82) is 0 Å². The largest absolute Gasteiger partial charge is 0.342 e. The number of hydrogen-bond acceptors (Lipinski definition) is 3. The van der Waals surface area contributed by atoms with Crippen LogP contribution in [0.3, 0.4) is 0 Å². The van der Waals surface area contributed by atoms with Crippen molar-refractivity contribution in [1.82, 2.24) is 9.88 Å². The van der Waals surface area contributed by atoms with Crippen LogP contribution in [0.25, 0.3) is 11.3 Å². The number of rotatable bonds is 4. The summed E-state index contributed by atoms with van der Waals surface area (Å²) >= 11 is 5.16. The van der Waals surface area contributed by atoms with Gasteiger partial charge >= 0.3 is 0 Å². The van der Waals surface area contributed by atoms with Gasteiger partial charge in [0.25, 0.3) is 0 Å². The molecule has 0 radical (unpaired) electrons. The summed E-state index contributed by atoms with van der Waals surface area (Å²) in [6.07, 6.45) is 1.80. The first-order valence-electron chi connectivity index (χ1n) is 9.42. The summed E-state index contributed by atoms with van der Waals surface area (Å²) in [5, 5.41) is 3.19. The second kappa shape index (κ2) is 8.71. The number of thiazole rings is 1. The number of aromatic nitrogens is 1. The van der Waals surface area contributed by atoms with E-state index in [4.69, 9.17) is 4.98 Å². The average Bonchev–Trinajstić information content (AvgIpc) is 3.21. The number of halogens is 3. The Kier molecular flexibility index (Phi) is 6.06. The first-order valence-corrected chi connectivity index (χ1v) is 11.1. The second-order valence-electron chi connectivity index (χ2n) is 7.16. The van der Waals surface area contributed by atoms with Gasteiger partial charge in [-0.3, -0.25) is 4.79 Å². The molecule has 2 aromatic carbocycles. The van der Waals surface area contributed by atoms with E-state index in [2.05, 4.69) is 27.4 Å². The van der Waals surface area contributed by atoms with Gasteiger partial charge < -0.3 is 4.90 Å². The molecule has 29 heavy (non-hydrogen) atoms. The van der Waals surface area contributed by atoms with Gasteiger partial charge in [-0.2, -0.15) is 0 Å². The number of likely N-dealkylation sites (tertiary alicyclic amines) is 1. The van der Waals surface area contributed by atoms with Gasteiger partial charge in [0.1, 0.15) is 0 Å². The molecule has 1 amide bonds. The zero-order valence-electron chi connectivity index (χ0n) is 15.6. The predicted molar refractivity (Wildman–Crippen MR) is 114 cm³/mol. The van der Waals surface area contributed by atoms with E-state index in [0.29, 0.717) is 24.6 Å². The Balaban J connectivity index is 1.35. The maximum absolute atomic E-state index is 13.3. The van der Waals surface area contributed by atoms with Crippen molar-refractivity contribution in [2.24, 2.45) is 0 Å². The van der Waals surface area contributed by atoms with Gasteiger partial charge in [0.15, 0.2) is 11.6 Å². The van der Waals surface area contributed by atoms with Gasteiger partial charge in [0.05, 0.1) is 17.1 Å². The number of hydrogen-bond donors (Lipinski definition) is 0. The van der Waals surface area contributed by atoms with Crippen molar-refractivity contribution in [3.8, 4) is 11.3 Å². The van der Waals surface area contributed by atoms with Gasteiger partial charge in [0.2, 0.25) is 5.91 Å².